The molecule has 7 heteroatoms. The van der Waals surface area contributed by atoms with Crippen LogP contribution < -0.4 is 5.56 Å². The van der Waals surface area contributed by atoms with Crippen LogP contribution >= 0.6 is 23.1 Å². The van der Waals surface area contributed by atoms with Crippen molar-refractivity contribution in [3.8, 4) is 0 Å². The number of aromatic amines is 1. The molecule has 0 saturated heterocycles. The maximum absolute atomic E-state index is 12.8. The van der Waals surface area contributed by atoms with Gasteiger partial charge in [-0.05, 0) is 57.9 Å². The summed E-state index contributed by atoms with van der Waals surface area (Å²) in [6, 6.07) is 0.571. The summed E-state index contributed by atoms with van der Waals surface area (Å²) in [5.74, 6) is 1.41. The van der Waals surface area contributed by atoms with E-state index in [2.05, 4.69) is 23.4 Å². The summed E-state index contributed by atoms with van der Waals surface area (Å²) in [6.45, 7) is 4.26. The van der Waals surface area contributed by atoms with E-state index in [-0.39, 0.29) is 5.56 Å². The molecule has 0 unspecified atom stereocenters. The molecule has 1 fully saturated rings. The molecule has 0 aliphatic heterocycles. The molecule has 5 nitrogen and oxygen atoms in total. The molecule has 1 saturated carbocycles. The molecule has 0 spiro atoms. The quantitative estimate of drug-likeness (QED) is 0.605. The molecule has 0 bridgehead atoms. The number of hydrogen-bond acceptors (Lipinski definition) is 5. The molecule has 148 valence electrons. The predicted molar refractivity (Wildman–Crippen MR) is 116 cm³/mol. The zero-order valence-corrected chi connectivity index (χ0v) is 18.1. The van der Waals surface area contributed by atoms with Gasteiger partial charge in [0.2, 0.25) is 0 Å². The molecule has 3 aromatic heterocycles. The Bertz CT molecular complexity index is 1090. The fraction of sp³-hybridized carbons (Fsp3) is 0.571. The summed E-state index contributed by atoms with van der Waals surface area (Å²) in [7, 11) is 0. The topological polar surface area (TPSA) is 63.6 Å². The summed E-state index contributed by atoms with van der Waals surface area (Å²) in [6.07, 6.45) is 9.61. The van der Waals surface area contributed by atoms with Crippen LogP contribution in [0.2, 0.25) is 0 Å². The molecule has 0 aromatic carbocycles. The summed E-state index contributed by atoms with van der Waals surface area (Å²) in [5, 5.41) is 1.91. The van der Waals surface area contributed by atoms with Gasteiger partial charge in [-0.15, -0.1) is 11.3 Å². The third kappa shape index (κ3) is 3.12. The number of nitrogens with one attached hydrogen (secondary N) is 1. The minimum atomic E-state index is 0.0338. The van der Waals surface area contributed by atoms with Crippen molar-refractivity contribution in [2.24, 2.45) is 0 Å². The molecule has 0 amide bonds. The lowest BCUT2D eigenvalue weighted by atomic mass is 9.97. The number of aromatic nitrogens is 4. The van der Waals surface area contributed by atoms with Crippen LogP contribution in [0, 0.1) is 13.8 Å². The van der Waals surface area contributed by atoms with Gasteiger partial charge in [-0.2, -0.15) is 0 Å². The second-order valence-electron chi connectivity index (χ2n) is 8.07. The van der Waals surface area contributed by atoms with E-state index in [1.54, 1.807) is 23.1 Å². The van der Waals surface area contributed by atoms with Crippen LogP contribution in [0.4, 0.5) is 0 Å². The van der Waals surface area contributed by atoms with Gasteiger partial charge in [0.15, 0.2) is 5.16 Å². The molecule has 1 N–H and O–H groups in total. The van der Waals surface area contributed by atoms with Gasteiger partial charge < -0.3 is 9.55 Å². The highest BCUT2D eigenvalue weighted by molar-refractivity contribution is 7.98. The highest BCUT2D eigenvalue weighted by Gasteiger charge is 2.24. The van der Waals surface area contributed by atoms with Gasteiger partial charge in [-0.1, -0.05) is 24.6 Å². The molecule has 28 heavy (non-hydrogen) atoms. The Morgan fingerprint density at radius 1 is 1.14 bits per heavy atom. The zero-order valence-electron chi connectivity index (χ0n) is 16.5. The van der Waals surface area contributed by atoms with Crippen molar-refractivity contribution >= 4 is 33.3 Å². The monoisotopic (exact) mass is 414 g/mol. The average molecular weight is 415 g/mol. The van der Waals surface area contributed by atoms with Crippen molar-refractivity contribution in [1.82, 2.24) is 19.5 Å². The summed E-state index contributed by atoms with van der Waals surface area (Å²) in [5.41, 5.74) is 3.67. The Kier molecular flexibility index (Phi) is 4.83. The molecule has 0 radical (unpaired) electrons. The SMILES string of the molecule is Cc1nc(SCc2nc3sc4c(c3c(=O)[nH]2)CCCC4)n(C2CCCC2)c1C. The second-order valence-corrected chi connectivity index (χ2v) is 10.1. The number of imidazole rings is 1. The van der Waals surface area contributed by atoms with Gasteiger partial charge in [-0.3, -0.25) is 4.79 Å². The van der Waals surface area contributed by atoms with Crippen LogP contribution in [-0.2, 0) is 18.6 Å². The molecule has 3 heterocycles. The fourth-order valence-electron chi connectivity index (χ4n) is 4.70. The Balaban J connectivity index is 1.44. The number of rotatable bonds is 4. The van der Waals surface area contributed by atoms with Crippen molar-refractivity contribution in [2.45, 2.75) is 82.2 Å². The van der Waals surface area contributed by atoms with Crippen molar-refractivity contribution in [2.75, 3.05) is 0 Å². The summed E-state index contributed by atoms with van der Waals surface area (Å²) in [4.78, 5) is 27.7. The number of nitrogens with zero attached hydrogens (tertiary/aromatic N) is 3. The first-order valence-electron chi connectivity index (χ1n) is 10.3. The molecule has 2 aliphatic rings. The second kappa shape index (κ2) is 7.34. The largest absolute Gasteiger partial charge is 0.320 e. The van der Waals surface area contributed by atoms with Crippen LogP contribution in [0.1, 0.15) is 72.2 Å². The first kappa shape index (κ1) is 18.4. The number of thioether (sulfide) groups is 1. The number of hydrogen-bond donors (Lipinski definition) is 1. The summed E-state index contributed by atoms with van der Waals surface area (Å²) >= 11 is 3.42. The summed E-state index contributed by atoms with van der Waals surface area (Å²) < 4.78 is 2.42. The maximum atomic E-state index is 12.8. The van der Waals surface area contributed by atoms with E-state index in [9.17, 15) is 4.79 Å². The van der Waals surface area contributed by atoms with Crippen LogP contribution in [0.5, 0.6) is 0 Å². The highest BCUT2D eigenvalue weighted by atomic mass is 32.2. The highest BCUT2D eigenvalue weighted by Crippen LogP contribution is 2.37. The van der Waals surface area contributed by atoms with Crippen molar-refractivity contribution in [3.05, 3.63) is 38.0 Å². The maximum Gasteiger partial charge on any atom is 0.259 e. The van der Waals surface area contributed by atoms with E-state index in [4.69, 9.17) is 9.97 Å². The van der Waals surface area contributed by atoms with Crippen LogP contribution in [0.15, 0.2) is 9.95 Å². The third-order valence-corrected chi connectivity index (χ3v) is 8.41. The Morgan fingerprint density at radius 2 is 1.93 bits per heavy atom. The van der Waals surface area contributed by atoms with E-state index in [0.29, 0.717) is 11.8 Å². The van der Waals surface area contributed by atoms with Crippen LogP contribution in [0.25, 0.3) is 10.2 Å². The zero-order chi connectivity index (χ0) is 19.3. The van der Waals surface area contributed by atoms with Gasteiger partial charge in [-0.25, -0.2) is 9.97 Å². The molecule has 2 aliphatic carbocycles. The Hall–Kier alpha value is -1.60. The van der Waals surface area contributed by atoms with Crippen molar-refractivity contribution < 1.29 is 0 Å². The van der Waals surface area contributed by atoms with Gasteiger partial charge in [0.05, 0.1) is 16.8 Å². The van der Waals surface area contributed by atoms with E-state index < -0.39 is 0 Å². The molecule has 5 rings (SSSR count). The lowest BCUT2D eigenvalue weighted by Gasteiger charge is -2.16. The fourth-order valence-corrected chi connectivity index (χ4v) is 7.01. The minimum Gasteiger partial charge on any atom is -0.320 e. The van der Waals surface area contributed by atoms with E-state index in [1.165, 1.54) is 54.7 Å². The average Bonchev–Trinajstić information content (AvgIpc) is 3.38. The smallest absolute Gasteiger partial charge is 0.259 e. The van der Waals surface area contributed by atoms with Crippen molar-refractivity contribution in [3.63, 3.8) is 0 Å². The first-order valence-corrected chi connectivity index (χ1v) is 12.1. The predicted octanol–water partition coefficient (Wildman–Crippen LogP) is 5.08. The van der Waals surface area contributed by atoms with Gasteiger partial charge in [0, 0.05) is 16.6 Å². The first-order chi connectivity index (χ1) is 13.6. The van der Waals surface area contributed by atoms with Gasteiger partial charge in [0.25, 0.3) is 5.56 Å². The minimum absolute atomic E-state index is 0.0338. The lowest BCUT2D eigenvalue weighted by molar-refractivity contribution is 0.471. The number of fused-ring (bicyclic) bond motifs is 3. The van der Waals surface area contributed by atoms with Gasteiger partial charge in [0.1, 0.15) is 10.7 Å². The van der Waals surface area contributed by atoms with Crippen LogP contribution in [-0.4, -0.2) is 19.5 Å². The third-order valence-electron chi connectivity index (χ3n) is 6.26. The van der Waals surface area contributed by atoms with E-state index in [0.717, 1.165) is 39.7 Å². The normalized spacial score (nSPS) is 17.5. The lowest BCUT2D eigenvalue weighted by Crippen LogP contribution is -2.13. The standard InChI is InChI=1S/C21H26N4OS2/c1-12-13(2)25(14-7-3-4-8-14)21(22-12)27-11-17-23-19(26)18-15-9-5-6-10-16(15)28-20(18)24-17/h14H,3-11H2,1-2H3,(H,23,24,26). The van der Waals surface area contributed by atoms with Crippen LogP contribution in [0.3, 0.4) is 0 Å². The Labute approximate surface area is 173 Å². The van der Waals surface area contributed by atoms with E-state index in [1.807, 2.05) is 0 Å². The molecule has 3 aromatic rings. The van der Waals surface area contributed by atoms with E-state index >= 15 is 0 Å². The number of aryl methyl sites for hydroxylation is 3. The Morgan fingerprint density at radius 3 is 2.75 bits per heavy atom. The number of thiophene rings is 1. The number of H-pyrrole nitrogens is 1. The van der Waals surface area contributed by atoms with Crippen molar-refractivity contribution in [1.29, 1.82) is 0 Å². The molecular weight excluding hydrogens is 388 g/mol. The van der Waals surface area contributed by atoms with Gasteiger partial charge >= 0.3 is 0 Å². The molecule has 0 atom stereocenters. The molecular formula is C21H26N4OS2.